The average molecular weight is 346 g/mol. The Hall–Kier alpha value is -3.68. The van der Waals surface area contributed by atoms with Gasteiger partial charge in [-0.2, -0.15) is 0 Å². The van der Waals surface area contributed by atoms with Gasteiger partial charge < -0.3 is 14.5 Å². The Bertz CT molecular complexity index is 1250. The molecule has 0 bridgehead atoms. The second-order valence-corrected chi connectivity index (χ2v) is 5.76. The van der Waals surface area contributed by atoms with E-state index in [0.29, 0.717) is 28.7 Å². The molecule has 8 nitrogen and oxygen atoms in total. The summed E-state index contributed by atoms with van der Waals surface area (Å²) in [5, 5.41) is 18.0. The fourth-order valence-corrected chi connectivity index (χ4v) is 3.25. The Balaban J connectivity index is 1.94. The Morgan fingerprint density at radius 2 is 1.58 bits per heavy atom. The highest BCUT2D eigenvalue weighted by Gasteiger charge is 2.21. The number of nitrogens with one attached hydrogen (secondary N) is 1. The molecule has 8 heteroatoms. The van der Waals surface area contributed by atoms with Gasteiger partial charge in [0.1, 0.15) is 28.2 Å². The number of fused-ring (bicyclic) bond motifs is 5. The summed E-state index contributed by atoms with van der Waals surface area (Å²) in [6.45, 7) is 0. The Morgan fingerprint density at radius 1 is 0.846 bits per heavy atom. The van der Waals surface area contributed by atoms with E-state index in [-0.39, 0.29) is 0 Å². The molecule has 26 heavy (non-hydrogen) atoms. The third-order valence-electron chi connectivity index (χ3n) is 4.42. The standard InChI is InChI=1S/C18H14N6O2/c1-25-12-8-5-9-13(26-2)14(12)16-21-23-18-22-20-15-10-6-3-4-7-11(10)19-17(15)24(16)18/h3-9,19H,1-2H3. The number of hydrogen-bond acceptors (Lipinski definition) is 6. The maximum absolute atomic E-state index is 5.52. The van der Waals surface area contributed by atoms with Gasteiger partial charge in [-0.05, 0) is 18.2 Å². The highest BCUT2D eigenvalue weighted by atomic mass is 16.5. The van der Waals surface area contributed by atoms with Crippen molar-refractivity contribution in [3.63, 3.8) is 0 Å². The van der Waals surface area contributed by atoms with Crippen molar-refractivity contribution in [2.45, 2.75) is 0 Å². The predicted octanol–water partition coefficient (Wildman–Crippen LogP) is 2.84. The molecule has 1 N–H and O–H groups in total. The van der Waals surface area contributed by atoms with E-state index in [1.54, 1.807) is 14.2 Å². The van der Waals surface area contributed by atoms with Crippen molar-refractivity contribution >= 4 is 27.8 Å². The van der Waals surface area contributed by atoms with E-state index in [1.807, 2.05) is 46.9 Å². The molecule has 3 heterocycles. The maximum Gasteiger partial charge on any atom is 0.276 e. The van der Waals surface area contributed by atoms with Gasteiger partial charge >= 0.3 is 0 Å². The van der Waals surface area contributed by atoms with E-state index in [0.717, 1.165) is 22.1 Å². The van der Waals surface area contributed by atoms with Crippen LogP contribution < -0.4 is 9.47 Å². The zero-order chi connectivity index (χ0) is 17.7. The molecule has 0 fully saturated rings. The second kappa shape index (κ2) is 5.41. The van der Waals surface area contributed by atoms with Crippen LogP contribution in [0.2, 0.25) is 0 Å². The summed E-state index contributed by atoms with van der Waals surface area (Å²) >= 11 is 0. The molecule has 5 aromatic rings. The SMILES string of the molecule is COc1cccc(OC)c1-c1nnc2nnc3c4ccccc4[nH]c3n12. The Labute approximate surface area is 147 Å². The molecule has 0 atom stereocenters. The molecular weight excluding hydrogens is 332 g/mol. The predicted molar refractivity (Wildman–Crippen MR) is 96.5 cm³/mol. The molecule has 5 rings (SSSR count). The van der Waals surface area contributed by atoms with Crippen LogP contribution in [0.15, 0.2) is 42.5 Å². The van der Waals surface area contributed by atoms with Crippen LogP contribution in [0, 0.1) is 0 Å². The molecule has 3 aromatic heterocycles. The largest absolute Gasteiger partial charge is 0.496 e. The van der Waals surface area contributed by atoms with Crippen LogP contribution >= 0.6 is 0 Å². The number of methoxy groups -OCH3 is 2. The molecule has 0 saturated carbocycles. The van der Waals surface area contributed by atoms with Crippen LogP contribution in [0.5, 0.6) is 11.5 Å². The van der Waals surface area contributed by atoms with E-state index in [9.17, 15) is 0 Å². The molecule has 0 amide bonds. The van der Waals surface area contributed by atoms with Crippen molar-refractivity contribution < 1.29 is 9.47 Å². The Morgan fingerprint density at radius 3 is 2.35 bits per heavy atom. The van der Waals surface area contributed by atoms with Gasteiger partial charge in [0.05, 0.1) is 14.2 Å². The highest BCUT2D eigenvalue weighted by Crippen LogP contribution is 2.38. The number of aromatic nitrogens is 6. The summed E-state index contributed by atoms with van der Waals surface area (Å²) in [7, 11) is 3.22. The average Bonchev–Trinajstić information content (AvgIpc) is 3.28. The number of nitrogens with zero attached hydrogens (tertiary/aromatic N) is 5. The molecule has 0 spiro atoms. The first-order valence-corrected chi connectivity index (χ1v) is 8.01. The fourth-order valence-electron chi connectivity index (χ4n) is 3.25. The zero-order valence-electron chi connectivity index (χ0n) is 14.1. The third-order valence-corrected chi connectivity index (χ3v) is 4.42. The molecule has 0 aliphatic heterocycles. The number of benzene rings is 2. The number of para-hydroxylation sites is 1. The van der Waals surface area contributed by atoms with Crippen molar-refractivity contribution in [3.8, 4) is 22.9 Å². The first-order chi connectivity index (χ1) is 12.8. The summed E-state index contributed by atoms with van der Waals surface area (Å²) in [6, 6.07) is 13.5. The molecule has 0 unspecified atom stereocenters. The molecule has 0 saturated heterocycles. The van der Waals surface area contributed by atoms with Gasteiger partial charge in [0.2, 0.25) is 0 Å². The smallest absolute Gasteiger partial charge is 0.276 e. The van der Waals surface area contributed by atoms with Crippen molar-refractivity contribution in [1.82, 2.24) is 29.8 Å². The topological polar surface area (TPSA) is 90.2 Å². The van der Waals surface area contributed by atoms with Crippen molar-refractivity contribution in [3.05, 3.63) is 42.5 Å². The summed E-state index contributed by atoms with van der Waals surface area (Å²) in [6.07, 6.45) is 0. The number of H-pyrrole nitrogens is 1. The minimum atomic E-state index is 0.395. The lowest BCUT2D eigenvalue weighted by molar-refractivity contribution is 0.397. The van der Waals surface area contributed by atoms with E-state index in [4.69, 9.17) is 9.47 Å². The third kappa shape index (κ3) is 1.89. The van der Waals surface area contributed by atoms with Crippen LogP contribution in [0.25, 0.3) is 39.2 Å². The van der Waals surface area contributed by atoms with E-state index >= 15 is 0 Å². The lowest BCUT2D eigenvalue weighted by Crippen LogP contribution is -1.99. The van der Waals surface area contributed by atoms with Crippen LogP contribution in [0.1, 0.15) is 0 Å². The molecule has 0 aliphatic rings. The summed E-state index contributed by atoms with van der Waals surface area (Å²) in [5.41, 5.74) is 3.20. The summed E-state index contributed by atoms with van der Waals surface area (Å²) < 4.78 is 12.9. The first-order valence-electron chi connectivity index (χ1n) is 8.01. The van der Waals surface area contributed by atoms with Crippen LogP contribution in [-0.4, -0.2) is 44.0 Å². The number of rotatable bonds is 3. The number of hydrogen-bond donors (Lipinski definition) is 1. The Kier molecular flexibility index (Phi) is 3.05. The number of ether oxygens (including phenoxy) is 2. The monoisotopic (exact) mass is 346 g/mol. The van der Waals surface area contributed by atoms with Gasteiger partial charge in [0, 0.05) is 10.9 Å². The van der Waals surface area contributed by atoms with E-state index in [2.05, 4.69) is 25.4 Å². The maximum atomic E-state index is 5.52. The van der Waals surface area contributed by atoms with Gasteiger partial charge in [0.15, 0.2) is 5.82 Å². The lowest BCUT2D eigenvalue weighted by atomic mass is 10.1. The van der Waals surface area contributed by atoms with Crippen molar-refractivity contribution in [2.75, 3.05) is 14.2 Å². The molecular formula is C18H14N6O2. The highest BCUT2D eigenvalue weighted by molar-refractivity contribution is 6.04. The molecule has 0 aliphatic carbocycles. The molecule has 128 valence electrons. The molecule has 0 radical (unpaired) electrons. The molecule has 2 aromatic carbocycles. The number of aromatic amines is 1. The lowest BCUT2D eigenvalue weighted by Gasteiger charge is -2.11. The van der Waals surface area contributed by atoms with Gasteiger partial charge in [0.25, 0.3) is 5.78 Å². The van der Waals surface area contributed by atoms with Crippen LogP contribution in [0.3, 0.4) is 0 Å². The minimum absolute atomic E-state index is 0.395. The second-order valence-electron chi connectivity index (χ2n) is 5.76. The normalized spacial score (nSPS) is 11.5. The van der Waals surface area contributed by atoms with Crippen LogP contribution in [0.4, 0.5) is 0 Å². The van der Waals surface area contributed by atoms with Crippen molar-refractivity contribution in [2.24, 2.45) is 0 Å². The summed E-state index contributed by atoms with van der Waals surface area (Å²) in [4.78, 5) is 3.39. The van der Waals surface area contributed by atoms with E-state index < -0.39 is 0 Å². The van der Waals surface area contributed by atoms with Crippen LogP contribution in [-0.2, 0) is 0 Å². The fraction of sp³-hybridized carbons (Fsp3) is 0.111. The van der Waals surface area contributed by atoms with Gasteiger partial charge in [-0.1, -0.05) is 24.3 Å². The zero-order valence-corrected chi connectivity index (χ0v) is 14.1. The first kappa shape index (κ1) is 14.6. The summed E-state index contributed by atoms with van der Waals surface area (Å²) in [5.74, 6) is 2.24. The van der Waals surface area contributed by atoms with Gasteiger partial charge in [-0.25, -0.2) is 4.40 Å². The quantitative estimate of drug-likeness (QED) is 0.540. The van der Waals surface area contributed by atoms with Crippen molar-refractivity contribution in [1.29, 1.82) is 0 Å². The van der Waals surface area contributed by atoms with Gasteiger partial charge in [-0.15, -0.1) is 20.4 Å². The van der Waals surface area contributed by atoms with Gasteiger partial charge in [-0.3, -0.25) is 0 Å². The van der Waals surface area contributed by atoms with E-state index in [1.165, 1.54) is 0 Å². The minimum Gasteiger partial charge on any atom is -0.496 e.